The quantitative estimate of drug-likeness (QED) is 0.680. The average molecular weight is 196 g/mol. The molecule has 0 radical (unpaired) electrons. The molecule has 0 aromatic carbocycles. The Labute approximate surface area is 83.6 Å². The van der Waals surface area contributed by atoms with Crippen LogP contribution in [0.3, 0.4) is 0 Å². The zero-order valence-electron chi connectivity index (χ0n) is 8.28. The number of aliphatic carboxylic acids is 1. The van der Waals surface area contributed by atoms with E-state index in [-0.39, 0.29) is 5.92 Å². The predicted octanol–water partition coefficient (Wildman–Crippen LogP) is 0.975. The Kier molecular flexibility index (Phi) is 2.70. The van der Waals surface area contributed by atoms with E-state index in [0.717, 1.165) is 51.2 Å². The van der Waals surface area contributed by atoms with Crippen LogP contribution in [0.1, 0.15) is 25.7 Å². The van der Waals surface area contributed by atoms with Gasteiger partial charge >= 0.3 is 5.97 Å². The van der Waals surface area contributed by atoms with Gasteiger partial charge in [0.2, 0.25) is 0 Å². The molecule has 1 unspecified atom stereocenters. The van der Waals surface area contributed by atoms with E-state index >= 15 is 0 Å². The number of carboxylic acid groups (broad SMARTS) is 1. The van der Waals surface area contributed by atoms with Crippen molar-refractivity contribution in [3.8, 4) is 0 Å². The normalized spacial score (nSPS) is 27.6. The van der Waals surface area contributed by atoms with E-state index in [1.807, 2.05) is 0 Å². The molecule has 0 aliphatic carbocycles. The second kappa shape index (κ2) is 3.98. The van der Waals surface area contributed by atoms with Crippen molar-refractivity contribution in [3.05, 3.63) is 0 Å². The van der Waals surface area contributed by atoms with Gasteiger partial charge in [-0.2, -0.15) is 0 Å². The summed E-state index contributed by atoms with van der Waals surface area (Å²) < 4.78 is 0. The Bertz CT molecular complexity index is 263. The maximum atomic E-state index is 11.1. The SMILES string of the molecule is O=C(O)C1CCCCN2CCCN=C12. The summed E-state index contributed by atoms with van der Waals surface area (Å²) in [5.41, 5.74) is 0. The molecule has 0 aromatic rings. The van der Waals surface area contributed by atoms with E-state index in [2.05, 4.69) is 9.89 Å². The molecule has 4 nitrogen and oxygen atoms in total. The molecule has 2 heterocycles. The molecule has 4 heteroatoms. The van der Waals surface area contributed by atoms with E-state index in [9.17, 15) is 4.79 Å². The molecule has 1 N–H and O–H groups in total. The summed E-state index contributed by atoms with van der Waals surface area (Å²) in [7, 11) is 0. The summed E-state index contributed by atoms with van der Waals surface area (Å²) in [6, 6.07) is 0. The molecule has 2 aliphatic rings. The van der Waals surface area contributed by atoms with Gasteiger partial charge in [-0.15, -0.1) is 0 Å². The number of nitrogens with zero attached hydrogens (tertiary/aromatic N) is 2. The summed E-state index contributed by atoms with van der Waals surface area (Å²) in [4.78, 5) is 17.6. The second-order valence-electron chi connectivity index (χ2n) is 3.97. The summed E-state index contributed by atoms with van der Waals surface area (Å²) >= 11 is 0. The first kappa shape index (κ1) is 9.49. The number of carboxylic acids is 1. The number of hydrogen-bond acceptors (Lipinski definition) is 3. The number of rotatable bonds is 1. The van der Waals surface area contributed by atoms with Gasteiger partial charge < -0.3 is 10.0 Å². The van der Waals surface area contributed by atoms with Crippen molar-refractivity contribution in [1.82, 2.24) is 4.90 Å². The molecule has 1 saturated heterocycles. The number of amidine groups is 1. The number of fused-ring (bicyclic) bond motifs is 1. The molecule has 1 fully saturated rings. The molecular weight excluding hydrogens is 180 g/mol. The zero-order valence-corrected chi connectivity index (χ0v) is 8.28. The van der Waals surface area contributed by atoms with Crippen molar-refractivity contribution in [1.29, 1.82) is 0 Å². The molecule has 0 bridgehead atoms. The largest absolute Gasteiger partial charge is 0.481 e. The van der Waals surface area contributed by atoms with Crippen LogP contribution in [-0.4, -0.2) is 41.4 Å². The van der Waals surface area contributed by atoms with Crippen molar-refractivity contribution in [2.75, 3.05) is 19.6 Å². The molecule has 0 spiro atoms. The Balaban J connectivity index is 2.22. The zero-order chi connectivity index (χ0) is 9.97. The topological polar surface area (TPSA) is 52.9 Å². The monoisotopic (exact) mass is 196 g/mol. The number of aliphatic imine (C=N–C) groups is 1. The van der Waals surface area contributed by atoms with Crippen LogP contribution < -0.4 is 0 Å². The van der Waals surface area contributed by atoms with Gasteiger partial charge in [-0.1, -0.05) is 6.42 Å². The minimum Gasteiger partial charge on any atom is -0.481 e. The maximum absolute atomic E-state index is 11.1. The van der Waals surface area contributed by atoms with Crippen molar-refractivity contribution in [2.45, 2.75) is 25.7 Å². The van der Waals surface area contributed by atoms with Gasteiger partial charge in [0.25, 0.3) is 0 Å². The molecule has 0 saturated carbocycles. The van der Waals surface area contributed by atoms with E-state index in [1.165, 1.54) is 0 Å². The highest BCUT2D eigenvalue weighted by Crippen LogP contribution is 2.21. The summed E-state index contributed by atoms with van der Waals surface area (Å²) in [6.07, 6.45) is 3.93. The fourth-order valence-electron chi connectivity index (χ4n) is 2.24. The molecule has 0 aromatic heterocycles. The highest BCUT2D eigenvalue weighted by atomic mass is 16.4. The lowest BCUT2D eigenvalue weighted by Gasteiger charge is -2.29. The highest BCUT2D eigenvalue weighted by molar-refractivity contribution is 6.00. The van der Waals surface area contributed by atoms with E-state index in [0.29, 0.717) is 0 Å². The van der Waals surface area contributed by atoms with Gasteiger partial charge in [-0.05, 0) is 19.3 Å². The van der Waals surface area contributed by atoms with Crippen LogP contribution in [0.15, 0.2) is 4.99 Å². The molecular formula is C10H16N2O2. The maximum Gasteiger partial charge on any atom is 0.314 e. The predicted molar refractivity (Wildman–Crippen MR) is 53.5 cm³/mol. The standard InChI is InChI=1S/C10H16N2O2/c13-10(14)8-4-1-2-6-12-7-3-5-11-9(8)12/h8H,1-7H2,(H,13,14). The molecule has 1 atom stereocenters. The highest BCUT2D eigenvalue weighted by Gasteiger charge is 2.31. The molecule has 78 valence electrons. The number of hydrogen-bond donors (Lipinski definition) is 1. The fourth-order valence-corrected chi connectivity index (χ4v) is 2.24. The van der Waals surface area contributed by atoms with E-state index < -0.39 is 5.97 Å². The van der Waals surface area contributed by atoms with Crippen LogP contribution in [0.2, 0.25) is 0 Å². The van der Waals surface area contributed by atoms with Gasteiger partial charge in [0.1, 0.15) is 11.8 Å². The van der Waals surface area contributed by atoms with Crippen LogP contribution in [0.4, 0.5) is 0 Å². The van der Waals surface area contributed by atoms with Gasteiger partial charge in [0.15, 0.2) is 0 Å². The molecule has 0 amide bonds. The lowest BCUT2D eigenvalue weighted by atomic mass is 10.0. The third-order valence-corrected chi connectivity index (χ3v) is 2.96. The third-order valence-electron chi connectivity index (χ3n) is 2.96. The molecule has 14 heavy (non-hydrogen) atoms. The van der Waals surface area contributed by atoms with Crippen molar-refractivity contribution in [3.63, 3.8) is 0 Å². The first-order chi connectivity index (χ1) is 6.79. The van der Waals surface area contributed by atoms with E-state index in [4.69, 9.17) is 5.11 Å². The van der Waals surface area contributed by atoms with Gasteiger partial charge in [0, 0.05) is 19.6 Å². The minimum atomic E-state index is -0.711. The van der Waals surface area contributed by atoms with Gasteiger partial charge in [-0.3, -0.25) is 9.79 Å². The van der Waals surface area contributed by atoms with Crippen LogP contribution in [0.25, 0.3) is 0 Å². The van der Waals surface area contributed by atoms with Crippen molar-refractivity contribution >= 4 is 11.8 Å². The van der Waals surface area contributed by atoms with E-state index in [1.54, 1.807) is 0 Å². The third kappa shape index (κ3) is 1.74. The summed E-state index contributed by atoms with van der Waals surface area (Å²) in [6.45, 7) is 2.78. The molecule has 2 aliphatic heterocycles. The molecule has 2 rings (SSSR count). The first-order valence-electron chi connectivity index (χ1n) is 5.31. The van der Waals surface area contributed by atoms with Gasteiger partial charge in [0.05, 0.1) is 0 Å². The van der Waals surface area contributed by atoms with Crippen LogP contribution in [0, 0.1) is 5.92 Å². The Morgan fingerprint density at radius 3 is 2.93 bits per heavy atom. The van der Waals surface area contributed by atoms with Crippen molar-refractivity contribution in [2.24, 2.45) is 10.9 Å². The first-order valence-corrected chi connectivity index (χ1v) is 5.31. The van der Waals surface area contributed by atoms with Crippen LogP contribution >= 0.6 is 0 Å². The minimum absolute atomic E-state index is 0.349. The fraction of sp³-hybridized carbons (Fsp3) is 0.800. The van der Waals surface area contributed by atoms with Crippen LogP contribution in [-0.2, 0) is 4.79 Å². The summed E-state index contributed by atoms with van der Waals surface area (Å²) in [5, 5.41) is 9.09. The van der Waals surface area contributed by atoms with Crippen LogP contribution in [0.5, 0.6) is 0 Å². The average Bonchev–Trinajstić information content (AvgIpc) is 2.39. The summed E-state index contributed by atoms with van der Waals surface area (Å²) in [5.74, 6) is -0.225. The lowest BCUT2D eigenvalue weighted by Crippen LogP contribution is -2.41. The second-order valence-corrected chi connectivity index (χ2v) is 3.97. The Morgan fingerprint density at radius 2 is 2.14 bits per heavy atom. The smallest absolute Gasteiger partial charge is 0.314 e. The number of carbonyl (C=O) groups is 1. The lowest BCUT2D eigenvalue weighted by molar-refractivity contribution is -0.139. The Hall–Kier alpha value is -1.06. The Morgan fingerprint density at radius 1 is 1.36 bits per heavy atom. The van der Waals surface area contributed by atoms with Gasteiger partial charge in [-0.25, -0.2) is 0 Å². The van der Waals surface area contributed by atoms with Crippen molar-refractivity contribution < 1.29 is 9.90 Å².